The van der Waals surface area contributed by atoms with Gasteiger partial charge >= 0.3 is 0 Å². The van der Waals surface area contributed by atoms with Crippen LogP contribution in [0.5, 0.6) is 0 Å². The molecule has 1 N–H and O–H groups in total. The Kier molecular flexibility index (Phi) is 5.84. The Morgan fingerprint density at radius 2 is 2.45 bits per heavy atom. The summed E-state index contributed by atoms with van der Waals surface area (Å²) in [4.78, 5) is 13.9. The van der Waals surface area contributed by atoms with E-state index in [-0.39, 0.29) is 5.91 Å². The molecular formula is C12H20N4O3S. The fourth-order valence-corrected chi connectivity index (χ4v) is 2.85. The Morgan fingerprint density at radius 3 is 3.15 bits per heavy atom. The number of anilines is 1. The molecule has 0 radical (unpaired) electrons. The molecular weight excluding hydrogens is 280 g/mol. The van der Waals surface area contributed by atoms with Crippen LogP contribution in [0.15, 0.2) is 0 Å². The van der Waals surface area contributed by atoms with Crippen LogP contribution in [0.4, 0.5) is 5.13 Å². The molecule has 0 saturated carbocycles. The SMILES string of the molecule is COCc1nnc(NC(=O)CN(C)C[C@@H]2CCOC2)s1. The number of nitrogens with zero attached hydrogens (tertiary/aromatic N) is 3. The molecule has 1 fully saturated rings. The van der Waals surface area contributed by atoms with E-state index in [1.807, 2.05) is 11.9 Å². The quantitative estimate of drug-likeness (QED) is 0.794. The van der Waals surface area contributed by atoms with E-state index in [0.29, 0.717) is 24.2 Å². The van der Waals surface area contributed by atoms with Crippen molar-refractivity contribution in [2.24, 2.45) is 5.92 Å². The van der Waals surface area contributed by atoms with Crippen LogP contribution in [0.25, 0.3) is 0 Å². The Labute approximate surface area is 122 Å². The van der Waals surface area contributed by atoms with Gasteiger partial charge in [0.25, 0.3) is 0 Å². The van der Waals surface area contributed by atoms with E-state index in [2.05, 4.69) is 15.5 Å². The lowest BCUT2D eigenvalue weighted by Gasteiger charge is -2.18. The lowest BCUT2D eigenvalue weighted by atomic mass is 10.1. The summed E-state index contributed by atoms with van der Waals surface area (Å²) < 4.78 is 10.3. The van der Waals surface area contributed by atoms with Gasteiger partial charge in [-0.2, -0.15) is 0 Å². The Bertz CT molecular complexity index is 434. The first-order valence-electron chi connectivity index (χ1n) is 6.55. The van der Waals surface area contributed by atoms with Gasteiger partial charge in [-0.3, -0.25) is 15.0 Å². The molecule has 0 aliphatic carbocycles. The molecule has 1 saturated heterocycles. The van der Waals surface area contributed by atoms with Gasteiger partial charge in [-0.25, -0.2) is 0 Å². The summed E-state index contributed by atoms with van der Waals surface area (Å²) in [5.74, 6) is 0.453. The van der Waals surface area contributed by atoms with Gasteiger partial charge in [0, 0.05) is 20.3 Å². The Balaban J connectivity index is 1.73. The summed E-state index contributed by atoms with van der Waals surface area (Å²) in [5, 5.41) is 11.8. The molecule has 7 nitrogen and oxygen atoms in total. The Hall–Kier alpha value is -1.09. The third-order valence-corrected chi connectivity index (χ3v) is 3.80. The minimum Gasteiger partial charge on any atom is -0.381 e. The molecule has 1 aromatic heterocycles. The fraction of sp³-hybridized carbons (Fsp3) is 0.750. The number of rotatable bonds is 7. The first kappa shape index (κ1) is 15.3. The van der Waals surface area contributed by atoms with Crippen LogP contribution in [-0.4, -0.2) is 61.5 Å². The number of carbonyl (C=O) groups excluding carboxylic acids is 1. The molecule has 1 atom stereocenters. The van der Waals surface area contributed by atoms with E-state index in [9.17, 15) is 4.79 Å². The summed E-state index contributed by atoms with van der Waals surface area (Å²) in [6.07, 6.45) is 1.07. The molecule has 112 valence electrons. The van der Waals surface area contributed by atoms with Gasteiger partial charge in [-0.15, -0.1) is 10.2 Å². The summed E-state index contributed by atoms with van der Waals surface area (Å²) in [6.45, 7) is 3.25. The minimum atomic E-state index is -0.0773. The molecule has 8 heteroatoms. The predicted molar refractivity (Wildman–Crippen MR) is 75.7 cm³/mol. The van der Waals surface area contributed by atoms with Gasteiger partial charge in [0.15, 0.2) is 0 Å². The third-order valence-electron chi connectivity index (χ3n) is 2.99. The standard InChI is InChI=1S/C12H20N4O3S/c1-16(5-9-3-4-19-7-9)6-10(17)13-12-15-14-11(20-12)8-18-2/h9H,3-8H2,1-2H3,(H,13,15,17)/t9-/m0/s1. The molecule has 2 heterocycles. The van der Waals surface area contributed by atoms with E-state index in [0.717, 1.165) is 31.2 Å². The van der Waals surface area contributed by atoms with Crippen molar-refractivity contribution in [2.75, 3.05) is 45.8 Å². The maximum atomic E-state index is 11.9. The molecule has 2 rings (SSSR count). The van der Waals surface area contributed by atoms with Crippen molar-refractivity contribution in [1.29, 1.82) is 0 Å². The number of carbonyl (C=O) groups is 1. The molecule has 0 unspecified atom stereocenters. The van der Waals surface area contributed by atoms with Crippen LogP contribution in [0.2, 0.25) is 0 Å². The van der Waals surface area contributed by atoms with Crippen LogP contribution < -0.4 is 5.32 Å². The molecule has 1 aliphatic heterocycles. The molecule has 20 heavy (non-hydrogen) atoms. The molecule has 1 aliphatic rings. The van der Waals surface area contributed by atoms with Crippen molar-refractivity contribution >= 4 is 22.4 Å². The lowest BCUT2D eigenvalue weighted by Crippen LogP contribution is -2.33. The van der Waals surface area contributed by atoms with Gasteiger partial charge in [-0.05, 0) is 19.4 Å². The number of aromatic nitrogens is 2. The fourth-order valence-electron chi connectivity index (χ4n) is 2.12. The van der Waals surface area contributed by atoms with Crippen LogP contribution in [0, 0.1) is 5.92 Å². The molecule has 0 bridgehead atoms. The summed E-state index contributed by atoms with van der Waals surface area (Å²) in [5.41, 5.74) is 0. The number of hydrogen-bond donors (Lipinski definition) is 1. The number of hydrogen-bond acceptors (Lipinski definition) is 7. The highest BCUT2D eigenvalue weighted by Gasteiger charge is 2.19. The predicted octanol–water partition coefficient (Wildman–Crippen LogP) is 0.591. The second-order valence-electron chi connectivity index (χ2n) is 4.91. The molecule has 1 aromatic rings. The van der Waals surface area contributed by atoms with E-state index in [1.165, 1.54) is 11.3 Å². The van der Waals surface area contributed by atoms with Crippen molar-refractivity contribution in [2.45, 2.75) is 13.0 Å². The smallest absolute Gasteiger partial charge is 0.240 e. The normalized spacial score (nSPS) is 18.6. The first-order valence-corrected chi connectivity index (χ1v) is 7.36. The molecule has 0 aromatic carbocycles. The molecule has 1 amide bonds. The highest BCUT2D eigenvalue weighted by atomic mass is 32.1. The van der Waals surface area contributed by atoms with Crippen molar-refractivity contribution in [3.05, 3.63) is 5.01 Å². The summed E-state index contributed by atoms with van der Waals surface area (Å²) in [7, 11) is 3.54. The maximum absolute atomic E-state index is 11.9. The summed E-state index contributed by atoms with van der Waals surface area (Å²) in [6, 6.07) is 0. The van der Waals surface area contributed by atoms with Gasteiger partial charge < -0.3 is 9.47 Å². The van der Waals surface area contributed by atoms with E-state index >= 15 is 0 Å². The van der Waals surface area contributed by atoms with Crippen molar-refractivity contribution < 1.29 is 14.3 Å². The van der Waals surface area contributed by atoms with Crippen LogP contribution in [0.3, 0.4) is 0 Å². The zero-order valence-electron chi connectivity index (χ0n) is 11.8. The van der Waals surface area contributed by atoms with Crippen molar-refractivity contribution in [1.82, 2.24) is 15.1 Å². The second-order valence-corrected chi connectivity index (χ2v) is 5.97. The van der Waals surface area contributed by atoms with Crippen LogP contribution in [0.1, 0.15) is 11.4 Å². The van der Waals surface area contributed by atoms with E-state index in [1.54, 1.807) is 7.11 Å². The third kappa shape index (κ3) is 4.78. The van der Waals surface area contributed by atoms with Crippen LogP contribution in [-0.2, 0) is 20.9 Å². The van der Waals surface area contributed by atoms with Gasteiger partial charge in [-0.1, -0.05) is 11.3 Å². The monoisotopic (exact) mass is 300 g/mol. The Morgan fingerprint density at radius 1 is 1.60 bits per heavy atom. The maximum Gasteiger partial charge on any atom is 0.240 e. The van der Waals surface area contributed by atoms with Gasteiger partial charge in [0.2, 0.25) is 11.0 Å². The van der Waals surface area contributed by atoms with Crippen molar-refractivity contribution in [3.8, 4) is 0 Å². The van der Waals surface area contributed by atoms with Crippen molar-refractivity contribution in [3.63, 3.8) is 0 Å². The molecule has 0 spiro atoms. The first-order chi connectivity index (χ1) is 9.67. The summed E-state index contributed by atoms with van der Waals surface area (Å²) >= 11 is 1.33. The minimum absolute atomic E-state index is 0.0773. The van der Waals surface area contributed by atoms with Gasteiger partial charge in [0.1, 0.15) is 11.6 Å². The zero-order valence-corrected chi connectivity index (χ0v) is 12.6. The highest BCUT2D eigenvalue weighted by Crippen LogP contribution is 2.16. The number of likely N-dealkylation sites (N-methyl/N-ethyl adjacent to an activating group) is 1. The van der Waals surface area contributed by atoms with E-state index in [4.69, 9.17) is 9.47 Å². The van der Waals surface area contributed by atoms with E-state index < -0.39 is 0 Å². The second kappa shape index (κ2) is 7.63. The largest absolute Gasteiger partial charge is 0.381 e. The number of methoxy groups -OCH3 is 1. The average molecular weight is 300 g/mol. The number of ether oxygens (including phenoxy) is 2. The zero-order chi connectivity index (χ0) is 14.4. The number of amides is 1. The number of nitrogens with one attached hydrogen (secondary N) is 1. The highest BCUT2D eigenvalue weighted by molar-refractivity contribution is 7.15. The lowest BCUT2D eigenvalue weighted by molar-refractivity contribution is -0.117. The van der Waals surface area contributed by atoms with Gasteiger partial charge in [0.05, 0.1) is 13.2 Å². The van der Waals surface area contributed by atoms with Crippen LogP contribution >= 0.6 is 11.3 Å². The topological polar surface area (TPSA) is 76.6 Å². The average Bonchev–Trinajstić information content (AvgIpc) is 3.01.